The van der Waals surface area contributed by atoms with Crippen molar-refractivity contribution in [3.63, 3.8) is 0 Å². The molecule has 100 valence electrons. The molecule has 0 radical (unpaired) electrons. The molecular weight excluding hydrogens is 230 g/mol. The van der Waals surface area contributed by atoms with Crippen LogP contribution in [0.5, 0.6) is 0 Å². The van der Waals surface area contributed by atoms with Crippen LogP contribution in [0, 0.1) is 5.92 Å². The minimum atomic E-state index is -0.652. The highest BCUT2D eigenvalue weighted by Crippen LogP contribution is 2.32. The molecule has 0 saturated heterocycles. The SMILES string of the molecule is CC(N)(COC1CCC1)c1noc(CC2CC2)n1. The first-order chi connectivity index (χ1) is 8.63. The normalized spacial score (nSPS) is 23.7. The molecule has 0 spiro atoms. The summed E-state index contributed by atoms with van der Waals surface area (Å²) >= 11 is 0. The number of hydrogen-bond acceptors (Lipinski definition) is 5. The van der Waals surface area contributed by atoms with Crippen molar-refractivity contribution in [3.05, 3.63) is 11.7 Å². The van der Waals surface area contributed by atoms with Crippen LogP contribution in [0.3, 0.4) is 0 Å². The van der Waals surface area contributed by atoms with Crippen molar-refractivity contribution < 1.29 is 9.26 Å². The standard InChI is InChI=1S/C13H21N3O2/c1-13(14,8-17-10-3-2-4-10)12-15-11(18-16-12)7-9-5-6-9/h9-10H,2-8,14H2,1H3. The molecule has 1 heterocycles. The third kappa shape index (κ3) is 2.72. The van der Waals surface area contributed by atoms with Crippen LogP contribution in [-0.2, 0) is 16.7 Å². The summed E-state index contributed by atoms with van der Waals surface area (Å²) < 4.78 is 11.0. The molecule has 0 amide bonds. The molecule has 0 aliphatic heterocycles. The molecule has 1 unspecified atom stereocenters. The van der Waals surface area contributed by atoms with E-state index in [2.05, 4.69) is 10.1 Å². The molecule has 18 heavy (non-hydrogen) atoms. The lowest BCUT2D eigenvalue weighted by molar-refractivity contribution is -0.0222. The second-order valence-corrected chi connectivity index (χ2v) is 5.94. The average molecular weight is 251 g/mol. The van der Waals surface area contributed by atoms with Gasteiger partial charge in [-0.25, -0.2) is 0 Å². The molecule has 0 aromatic carbocycles. The first-order valence-electron chi connectivity index (χ1n) is 6.87. The summed E-state index contributed by atoms with van der Waals surface area (Å²) in [5, 5.41) is 4.00. The summed E-state index contributed by atoms with van der Waals surface area (Å²) in [6, 6.07) is 0. The van der Waals surface area contributed by atoms with Crippen LogP contribution < -0.4 is 5.73 Å². The lowest BCUT2D eigenvalue weighted by Crippen LogP contribution is -2.41. The van der Waals surface area contributed by atoms with E-state index in [-0.39, 0.29) is 0 Å². The Hall–Kier alpha value is -0.940. The Morgan fingerprint density at radius 2 is 2.17 bits per heavy atom. The highest BCUT2D eigenvalue weighted by Gasteiger charge is 2.31. The van der Waals surface area contributed by atoms with Gasteiger partial charge in [-0.1, -0.05) is 5.16 Å². The smallest absolute Gasteiger partial charge is 0.226 e. The largest absolute Gasteiger partial charge is 0.376 e. The van der Waals surface area contributed by atoms with E-state index >= 15 is 0 Å². The molecule has 5 heteroatoms. The van der Waals surface area contributed by atoms with Crippen molar-refractivity contribution in [2.75, 3.05) is 6.61 Å². The third-order valence-electron chi connectivity index (χ3n) is 3.81. The predicted molar refractivity (Wildman–Crippen MR) is 65.9 cm³/mol. The van der Waals surface area contributed by atoms with Gasteiger partial charge in [-0.05, 0) is 44.9 Å². The number of ether oxygens (including phenoxy) is 1. The van der Waals surface area contributed by atoms with Crippen molar-refractivity contribution in [1.82, 2.24) is 10.1 Å². The van der Waals surface area contributed by atoms with Gasteiger partial charge >= 0.3 is 0 Å². The Morgan fingerprint density at radius 1 is 1.39 bits per heavy atom. The fourth-order valence-electron chi connectivity index (χ4n) is 2.03. The Balaban J connectivity index is 1.57. The van der Waals surface area contributed by atoms with Gasteiger partial charge in [0.2, 0.25) is 5.89 Å². The first kappa shape index (κ1) is 12.1. The van der Waals surface area contributed by atoms with Gasteiger partial charge in [0.25, 0.3) is 0 Å². The van der Waals surface area contributed by atoms with E-state index in [1.54, 1.807) is 0 Å². The van der Waals surface area contributed by atoms with Crippen molar-refractivity contribution in [1.29, 1.82) is 0 Å². The van der Waals surface area contributed by atoms with Gasteiger partial charge in [-0.2, -0.15) is 4.98 Å². The van der Waals surface area contributed by atoms with Crippen LogP contribution in [0.4, 0.5) is 0 Å². The van der Waals surface area contributed by atoms with Gasteiger partial charge < -0.3 is 15.0 Å². The van der Waals surface area contributed by atoms with Gasteiger partial charge in [0.05, 0.1) is 12.7 Å². The second-order valence-electron chi connectivity index (χ2n) is 5.94. The molecule has 1 aromatic rings. The zero-order valence-electron chi connectivity index (χ0n) is 10.9. The molecule has 0 bridgehead atoms. The summed E-state index contributed by atoms with van der Waals surface area (Å²) in [6.45, 7) is 2.36. The van der Waals surface area contributed by atoms with E-state index in [0.717, 1.165) is 25.2 Å². The van der Waals surface area contributed by atoms with E-state index in [9.17, 15) is 0 Å². The zero-order valence-corrected chi connectivity index (χ0v) is 10.9. The molecule has 2 fully saturated rings. The fraction of sp³-hybridized carbons (Fsp3) is 0.846. The van der Waals surface area contributed by atoms with Gasteiger partial charge in [-0.3, -0.25) is 0 Å². The Labute approximate surface area is 107 Å². The highest BCUT2D eigenvalue weighted by molar-refractivity contribution is 5.03. The molecule has 2 aliphatic carbocycles. The van der Waals surface area contributed by atoms with Crippen LogP contribution in [0.25, 0.3) is 0 Å². The van der Waals surface area contributed by atoms with E-state index in [1.165, 1.54) is 19.3 Å². The highest BCUT2D eigenvalue weighted by atomic mass is 16.5. The monoisotopic (exact) mass is 251 g/mol. The van der Waals surface area contributed by atoms with Gasteiger partial charge in [-0.15, -0.1) is 0 Å². The maximum Gasteiger partial charge on any atom is 0.226 e. The van der Waals surface area contributed by atoms with Crippen LogP contribution in [0.15, 0.2) is 4.52 Å². The van der Waals surface area contributed by atoms with Crippen LogP contribution in [0.2, 0.25) is 0 Å². The summed E-state index contributed by atoms with van der Waals surface area (Å²) in [4.78, 5) is 4.40. The Kier molecular flexibility index (Phi) is 3.11. The van der Waals surface area contributed by atoms with Crippen molar-refractivity contribution in [3.8, 4) is 0 Å². The van der Waals surface area contributed by atoms with Crippen molar-refractivity contribution in [2.45, 2.75) is 57.1 Å². The molecule has 2 aliphatic rings. The summed E-state index contributed by atoms with van der Waals surface area (Å²) in [6.07, 6.45) is 7.40. The topological polar surface area (TPSA) is 74.2 Å². The van der Waals surface area contributed by atoms with E-state index < -0.39 is 5.54 Å². The molecule has 2 N–H and O–H groups in total. The van der Waals surface area contributed by atoms with E-state index in [4.69, 9.17) is 15.0 Å². The average Bonchev–Trinajstić information content (AvgIpc) is 2.91. The lowest BCUT2D eigenvalue weighted by atomic mass is 9.95. The third-order valence-corrected chi connectivity index (χ3v) is 3.81. The van der Waals surface area contributed by atoms with Gasteiger partial charge in [0, 0.05) is 6.42 Å². The predicted octanol–water partition coefficient (Wildman–Crippen LogP) is 1.77. The molecule has 1 aromatic heterocycles. The quantitative estimate of drug-likeness (QED) is 0.834. The summed E-state index contributed by atoms with van der Waals surface area (Å²) in [5.41, 5.74) is 5.56. The number of nitrogens with two attached hydrogens (primary N) is 1. The lowest BCUT2D eigenvalue weighted by Gasteiger charge is -2.29. The van der Waals surface area contributed by atoms with Crippen LogP contribution >= 0.6 is 0 Å². The molecular formula is C13H21N3O2. The molecule has 1 atom stereocenters. The summed E-state index contributed by atoms with van der Waals surface area (Å²) in [7, 11) is 0. The van der Waals surface area contributed by atoms with Crippen LogP contribution in [0.1, 0.15) is 50.7 Å². The maximum absolute atomic E-state index is 6.21. The van der Waals surface area contributed by atoms with Crippen LogP contribution in [-0.4, -0.2) is 22.9 Å². The van der Waals surface area contributed by atoms with Gasteiger partial charge in [0.15, 0.2) is 5.82 Å². The van der Waals surface area contributed by atoms with E-state index in [1.807, 2.05) is 6.92 Å². The zero-order chi connectivity index (χ0) is 12.6. The second kappa shape index (κ2) is 4.63. The number of rotatable bonds is 6. The molecule has 5 nitrogen and oxygen atoms in total. The minimum Gasteiger partial charge on any atom is -0.376 e. The first-order valence-corrected chi connectivity index (χ1v) is 6.87. The van der Waals surface area contributed by atoms with E-state index in [0.29, 0.717) is 24.4 Å². The number of aromatic nitrogens is 2. The molecule has 3 rings (SSSR count). The Bertz CT molecular complexity index is 408. The summed E-state index contributed by atoms with van der Waals surface area (Å²) in [5.74, 6) is 2.03. The number of hydrogen-bond donors (Lipinski definition) is 1. The maximum atomic E-state index is 6.21. The minimum absolute atomic E-state index is 0.380. The fourth-order valence-corrected chi connectivity index (χ4v) is 2.03. The van der Waals surface area contributed by atoms with Gasteiger partial charge in [0.1, 0.15) is 5.54 Å². The van der Waals surface area contributed by atoms with Crippen molar-refractivity contribution in [2.24, 2.45) is 11.7 Å². The van der Waals surface area contributed by atoms with Crippen molar-refractivity contribution >= 4 is 0 Å². The molecule has 2 saturated carbocycles. The Morgan fingerprint density at radius 3 is 2.78 bits per heavy atom. The number of nitrogens with zero attached hydrogens (tertiary/aromatic N) is 2.